The van der Waals surface area contributed by atoms with Gasteiger partial charge in [-0.25, -0.2) is 18.1 Å². The topological polar surface area (TPSA) is 79.3 Å². The van der Waals surface area contributed by atoms with Gasteiger partial charge in [0.15, 0.2) is 0 Å². The number of aromatic nitrogens is 1. The lowest BCUT2D eigenvalue weighted by atomic mass is 9.87. The summed E-state index contributed by atoms with van der Waals surface area (Å²) in [6.07, 6.45) is 4.10. The van der Waals surface area contributed by atoms with Crippen LogP contribution in [0.15, 0.2) is 17.2 Å². The monoisotopic (exact) mass is 338 g/mol. The molecular weight excluding hydrogens is 323 g/mol. The van der Waals surface area contributed by atoms with Gasteiger partial charge in [-0.05, 0) is 31.2 Å². The summed E-state index contributed by atoms with van der Waals surface area (Å²) in [5.41, 5.74) is 0. The summed E-state index contributed by atoms with van der Waals surface area (Å²) in [5, 5.41) is 9.74. The van der Waals surface area contributed by atoms with Crippen LogP contribution < -0.4 is 4.72 Å². The Balaban J connectivity index is 2.01. The van der Waals surface area contributed by atoms with Gasteiger partial charge in [-0.1, -0.05) is 29.6 Å². The average Bonchev–Trinajstić information content (AvgIpc) is 2.40. The van der Waals surface area contributed by atoms with E-state index in [-0.39, 0.29) is 27.1 Å². The van der Waals surface area contributed by atoms with Gasteiger partial charge in [-0.3, -0.25) is 0 Å². The van der Waals surface area contributed by atoms with Crippen molar-refractivity contribution in [2.24, 2.45) is 5.92 Å². The Morgan fingerprint density at radius 1 is 1.40 bits per heavy atom. The van der Waals surface area contributed by atoms with Crippen LogP contribution in [0.25, 0.3) is 0 Å². The molecule has 1 aromatic heterocycles. The van der Waals surface area contributed by atoms with Gasteiger partial charge in [0.05, 0.1) is 11.1 Å². The highest BCUT2D eigenvalue weighted by molar-refractivity contribution is 7.89. The minimum Gasteiger partial charge on any atom is -0.393 e. The maximum Gasteiger partial charge on any atom is 0.242 e. The lowest BCUT2D eigenvalue weighted by molar-refractivity contribution is 0.102. The number of halogens is 2. The van der Waals surface area contributed by atoms with E-state index in [4.69, 9.17) is 23.2 Å². The van der Waals surface area contributed by atoms with E-state index in [0.29, 0.717) is 13.0 Å². The van der Waals surface area contributed by atoms with Crippen LogP contribution in [0, 0.1) is 5.92 Å². The SMILES string of the molecule is O=S(=O)(NCC1CCCC(O)C1)c1cnc(Cl)c(Cl)c1. The number of aliphatic hydroxyl groups excluding tert-OH is 1. The fourth-order valence-electron chi connectivity index (χ4n) is 2.31. The summed E-state index contributed by atoms with van der Waals surface area (Å²) < 4.78 is 26.7. The zero-order valence-corrected chi connectivity index (χ0v) is 13.0. The number of hydrogen-bond donors (Lipinski definition) is 2. The maximum atomic E-state index is 12.1. The summed E-state index contributed by atoms with van der Waals surface area (Å²) in [7, 11) is -3.65. The van der Waals surface area contributed by atoms with Crippen LogP contribution in [-0.2, 0) is 10.0 Å². The van der Waals surface area contributed by atoms with Crippen molar-refractivity contribution >= 4 is 33.2 Å². The summed E-state index contributed by atoms with van der Waals surface area (Å²) >= 11 is 11.4. The molecule has 2 rings (SSSR count). The smallest absolute Gasteiger partial charge is 0.242 e. The zero-order valence-electron chi connectivity index (χ0n) is 10.7. The second kappa shape index (κ2) is 6.58. The number of sulfonamides is 1. The Kier molecular flexibility index (Phi) is 5.25. The van der Waals surface area contributed by atoms with Crippen molar-refractivity contribution in [2.45, 2.75) is 36.7 Å². The Bertz CT molecular complexity index is 580. The predicted molar refractivity (Wildman–Crippen MR) is 77.4 cm³/mol. The third-order valence-corrected chi connectivity index (χ3v) is 5.48. The molecule has 0 saturated heterocycles. The largest absolute Gasteiger partial charge is 0.393 e. The van der Waals surface area contributed by atoms with Gasteiger partial charge < -0.3 is 5.11 Å². The third kappa shape index (κ3) is 4.05. The maximum absolute atomic E-state index is 12.1. The van der Waals surface area contributed by atoms with Crippen LogP contribution in [0.1, 0.15) is 25.7 Å². The number of nitrogens with zero attached hydrogens (tertiary/aromatic N) is 1. The Morgan fingerprint density at radius 2 is 2.15 bits per heavy atom. The van der Waals surface area contributed by atoms with Crippen molar-refractivity contribution < 1.29 is 13.5 Å². The summed E-state index contributed by atoms with van der Waals surface area (Å²) in [6.45, 7) is 0.305. The first-order chi connectivity index (χ1) is 9.38. The Labute approximate surface area is 128 Å². The van der Waals surface area contributed by atoms with E-state index in [1.165, 1.54) is 12.3 Å². The van der Waals surface area contributed by atoms with E-state index in [9.17, 15) is 13.5 Å². The molecular formula is C12H16Cl2N2O3S. The lowest BCUT2D eigenvalue weighted by Crippen LogP contribution is -2.33. The van der Waals surface area contributed by atoms with Gasteiger partial charge >= 0.3 is 0 Å². The number of pyridine rings is 1. The molecule has 1 saturated carbocycles. The number of aliphatic hydroxyl groups is 1. The molecule has 1 aliphatic rings. The Hall–Kier alpha value is -0.400. The molecule has 0 aliphatic heterocycles. The van der Waals surface area contributed by atoms with Crippen LogP contribution in [-0.4, -0.2) is 31.2 Å². The first kappa shape index (κ1) is 16.0. The molecule has 0 aromatic carbocycles. The first-order valence-electron chi connectivity index (χ1n) is 6.37. The van der Waals surface area contributed by atoms with Crippen LogP contribution >= 0.6 is 23.2 Å². The lowest BCUT2D eigenvalue weighted by Gasteiger charge is -2.25. The second-order valence-corrected chi connectivity index (χ2v) is 7.51. The van der Waals surface area contributed by atoms with E-state index in [1.807, 2.05) is 0 Å². The molecule has 1 fully saturated rings. The molecule has 2 N–H and O–H groups in total. The molecule has 112 valence electrons. The molecule has 0 amide bonds. The van der Waals surface area contributed by atoms with Gasteiger partial charge in [-0.15, -0.1) is 0 Å². The van der Waals surface area contributed by atoms with Gasteiger partial charge in [0.1, 0.15) is 10.0 Å². The third-order valence-electron chi connectivity index (χ3n) is 3.40. The van der Waals surface area contributed by atoms with E-state index >= 15 is 0 Å². The quantitative estimate of drug-likeness (QED) is 0.825. The molecule has 2 atom stereocenters. The molecule has 1 heterocycles. The summed E-state index contributed by atoms with van der Waals surface area (Å²) in [4.78, 5) is 3.72. The van der Waals surface area contributed by atoms with Crippen LogP contribution in [0.3, 0.4) is 0 Å². The highest BCUT2D eigenvalue weighted by Crippen LogP contribution is 2.25. The van der Waals surface area contributed by atoms with Gasteiger partial charge in [0, 0.05) is 12.7 Å². The summed E-state index contributed by atoms with van der Waals surface area (Å²) in [6, 6.07) is 1.27. The van der Waals surface area contributed by atoms with Crippen molar-refractivity contribution in [1.82, 2.24) is 9.71 Å². The van der Waals surface area contributed by atoms with Gasteiger partial charge in [0.2, 0.25) is 10.0 Å². The number of nitrogens with one attached hydrogen (secondary N) is 1. The highest BCUT2D eigenvalue weighted by atomic mass is 35.5. The summed E-state index contributed by atoms with van der Waals surface area (Å²) in [5.74, 6) is 0.157. The minimum atomic E-state index is -3.65. The Morgan fingerprint density at radius 3 is 2.80 bits per heavy atom. The van der Waals surface area contributed by atoms with Crippen molar-refractivity contribution in [2.75, 3.05) is 6.54 Å². The van der Waals surface area contributed by atoms with Crippen molar-refractivity contribution in [3.8, 4) is 0 Å². The minimum absolute atomic E-state index is 0.0109. The predicted octanol–water partition coefficient (Wildman–Crippen LogP) is 2.22. The fraction of sp³-hybridized carbons (Fsp3) is 0.583. The van der Waals surface area contributed by atoms with Gasteiger partial charge in [-0.2, -0.15) is 0 Å². The highest BCUT2D eigenvalue weighted by Gasteiger charge is 2.23. The van der Waals surface area contributed by atoms with E-state index in [2.05, 4.69) is 9.71 Å². The molecule has 5 nitrogen and oxygen atoms in total. The molecule has 0 radical (unpaired) electrons. The number of rotatable bonds is 4. The first-order valence-corrected chi connectivity index (χ1v) is 8.61. The van der Waals surface area contributed by atoms with Crippen LogP contribution in [0.5, 0.6) is 0 Å². The van der Waals surface area contributed by atoms with E-state index in [0.717, 1.165) is 19.3 Å². The second-order valence-electron chi connectivity index (χ2n) is 4.98. The fourth-order valence-corrected chi connectivity index (χ4v) is 3.73. The van der Waals surface area contributed by atoms with Crippen molar-refractivity contribution in [3.63, 3.8) is 0 Å². The van der Waals surface area contributed by atoms with Crippen molar-refractivity contribution in [1.29, 1.82) is 0 Å². The van der Waals surface area contributed by atoms with Gasteiger partial charge in [0.25, 0.3) is 0 Å². The zero-order chi connectivity index (χ0) is 14.8. The standard InChI is InChI=1S/C12H16Cl2N2O3S/c13-11-5-10(7-15-12(11)14)20(18,19)16-6-8-2-1-3-9(17)4-8/h5,7-9,16-17H,1-4,6H2. The molecule has 8 heteroatoms. The molecule has 2 unspecified atom stereocenters. The molecule has 1 aliphatic carbocycles. The molecule has 0 bridgehead atoms. The van der Waals surface area contributed by atoms with E-state index in [1.54, 1.807) is 0 Å². The number of hydrogen-bond acceptors (Lipinski definition) is 4. The van der Waals surface area contributed by atoms with Crippen LogP contribution in [0.4, 0.5) is 0 Å². The van der Waals surface area contributed by atoms with E-state index < -0.39 is 10.0 Å². The van der Waals surface area contributed by atoms with Crippen LogP contribution in [0.2, 0.25) is 10.2 Å². The average molecular weight is 339 g/mol. The molecule has 20 heavy (non-hydrogen) atoms. The van der Waals surface area contributed by atoms with Crippen molar-refractivity contribution in [3.05, 3.63) is 22.4 Å². The molecule has 0 spiro atoms. The normalized spacial score (nSPS) is 23.8. The molecule has 1 aromatic rings.